The molecular formula is C17H21N5O3. The van der Waals surface area contributed by atoms with E-state index < -0.39 is 5.97 Å². The molecule has 1 aliphatic heterocycles. The number of anilines is 1. The van der Waals surface area contributed by atoms with Gasteiger partial charge in [-0.15, -0.1) is 0 Å². The molecule has 1 aliphatic rings. The second-order valence-corrected chi connectivity index (χ2v) is 5.62. The van der Waals surface area contributed by atoms with Crippen molar-refractivity contribution in [2.75, 3.05) is 44.6 Å². The molecule has 1 saturated heterocycles. The Labute approximate surface area is 146 Å². The molecular weight excluding hydrogens is 322 g/mol. The van der Waals surface area contributed by atoms with E-state index in [9.17, 15) is 14.9 Å². The van der Waals surface area contributed by atoms with Crippen LogP contribution in [0, 0.1) is 11.3 Å². The van der Waals surface area contributed by atoms with Crippen molar-refractivity contribution < 1.29 is 14.7 Å². The highest BCUT2D eigenvalue weighted by Crippen LogP contribution is 2.12. The Kier molecular flexibility index (Phi) is 6.51. The molecule has 8 nitrogen and oxygen atoms in total. The predicted molar refractivity (Wildman–Crippen MR) is 92.8 cm³/mol. The smallest absolute Gasteiger partial charge is 0.335 e. The summed E-state index contributed by atoms with van der Waals surface area (Å²) in [6.45, 7) is 3.94. The van der Waals surface area contributed by atoms with Crippen LogP contribution in [0.1, 0.15) is 10.4 Å². The molecule has 0 radical (unpaired) electrons. The number of amides is 1. The molecule has 8 heteroatoms. The number of nitrogens with zero attached hydrogens (tertiary/aromatic N) is 3. The quantitative estimate of drug-likeness (QED) is 0.502. The van der Waals surface area contributed by atoms with Gasteiger partial charge in [-0.05, 0) is 18.2 Å². The molecule has 132 valence electrons. The zero-order valence-electron chi connectivity index (χ0n) is 13.8. The van der Waals surface area contributed by atoms with E-state index in [1.807, 2.05) is 6.07 Å². The summed E-state index contributed by atoms with van der Waals surface area (Å²) in [6.07, 6.45) is 1.32. The summed E-state index contributed by atoms with van der Waals surface area (Å²) in [7, 11) is 0. The van der Waals surface area contributed by atoms with Gasteiger partial charge in [0.25, 0.3) is 5.91 Å². The minimum atomic E-state index is -1.04. The number of nitrogens with two attached hydrogens (primary N) is 1. The molecule has 0 saturated carbocycles. The normalized spacial score (nSPS) is 15.5. The first-order chi connectivity index (χ1) is 12.0. The van der Waals surface area contributed by atoms with E-state index >= 15 is 0 Å². The lowest BCUT2D eigenvalue weighted by molar-refractivity contribution is -0.128. The fraction of sp³-hybridized carbons (Fsp3) is 0.353. The van der Waals surface area contributed by atoms with Gasteiger partial charge >= 0.3 is 5.97 Å². The second kappa shape index (κ2) is 8.82. The van der Waals surface area contributed by atoms with Gasteiger partial charge in [-0.25, -0.2) is 4.79 Å². The zero-order chi connectivity index (χ0) is 18.2. The van der Waals surface area contributed by atoms with Crippen LogP contribution in [0.5, 0.6) is 0 Å². The molecule has 4 N–H and O–H groups in total. The van der Waals surface area contributed by atoms with Gasteiger partial charge in [0.1, 0.15) is 11.6 Å². The lowest BCUT2D eigenvalue weighted by Crippen LogP contribution is -2.50. The molecule has 0 bridgehead atoms. The molecule has 0 aromatic heterocycles. The minimum Gasteiger partial charge on any atom is -0.478 e. The van der Waals surface area contributed by atoms with E-state index in [-0.39, 0.29) is 17.0 Å². The van der Waals surface area contributed by atoms with Gasteiger partial charge in [0.15, 0.2) is 0 Å². The van der Waals surface area contributed by atoms with Crippen LogP contribution in [0.25, 0.3) is 0 Å². The Bertz CT molecular complexity index is 702. The van der Waals surface area contributed by atoms with Gasteiger partial charge < -0.3 is 21.1 Å². The third-order valence-electron chi connectivity index (χ3n) is 3.95. The second-order valence-electron chi connectivity index (χ2n) is 5.62. The van der Waals surface area contributed by atoms with E-state index in [1.165, 1.54) is 18.3 Å². The Morgan fingerprint density at radius 3 is 2.64 bits per heavy atom. The number of carboxylic acid groups (broad SMARTS) is 1. The maximum atomic E-state index is 12.4. The molecule has 0 spiro atoms. The van der Waals surface area contributed by atoms with Crippen molar-refractivity contribution in [1.82, 2.24) is 9.80 Å². The number of nitrogens with one attached hydrogen (secondary N) is 1. The number of nitriles is 1. The molecule has 1 heterocycles. The van der Waals surface area contributed by atoms with Crippen molar-refractivity contribution in [3.05, 3.63) is 41.6 Å². The zero-order valence-corrected chi connectivity index (χ0v) is 13.8. The molecule has 0 aliphatic carbocycles. The first-order valence-electron chi connectivity index (χ1n) is 7.97. The average Bonchev–Trinajstić information content (AvgIpc) is 2.63. The molecule has 1 aromatic carbocycles. The first kappa shape index (κ1) is 18.4. The first-order valence-corrected chi connectivity index (χ1v) is 7.97. The summed E-state index contributed by atoms with van der Waals surface area (Å²) >= 11 is 0. The van der Waals surface area contributed by atoms with E-state index in [0.29, 0.717) is 25.3 Å². The van der Waals surface area contributed by atoms with Crippen LogP contribution in [0.4, 0.5) is 5.69 Å². The number of rotatable bonds is 6. The fourth-order valence-electron chi connectivity index (χ4n) is 2.57. The van der Waals surface area contributed by atoms with Crippen molar-refractivity contribution in [3.8, 4) is 6.07 Å². The highest BCUT2D eigenvalue weighted by Gasteiger charge is 2.23. The Hall–Kier alpha value is -2.89. The molecule has 0 unspecified atom stereocenters. The number of carbonyl (C=O) groups is 2. The van der Waals surface area contributed by atoms with Gasteiger partial charge in [-0.1, -0.05) is 6.07 Å². The minimum absolute atomic E-state index is 0.0204. The number of hydrogen-bond acceptors (Lipinski definition) is 6. The summed E-state index contributed by atoms with van der Waals surface area (Å²) < 4.78 is 0. The van der Waals surface area contributed by atoms with Gasteiger partial charge in [0.2, 0.25) is 0 Å². The lowest BCUT2D eigenvalue weighted by Gasteiger charge is -2.34. The number of carboxylic acids is 1. The SMILES string of the molecule is N#C/C(=C/Nc1cccc(C(=O)O)c1)C(=O)N1CCN(CCN)CC1. The molecule has 25 heavy (non-hydrogen) atoms. The van der Waals surface area contributed by atoms with Crippen LogP contribution in [0.15, 0.2) is 36.0 Å². The summed E-state index contributed by atoms with van der Waals surface area (Å²) in [4.78, 5) is 27.2. The number of aromatic carboxylic acids is 1. The highest BCUT2D eigenvalue weighted by atomic mass is 16.4. The van der Waals surface area contributed by atoms with Crippen molar-refractivity contribution in [2.24, 2.45) is 5.73 Å². The monoisotopic (exact) mass is 343 g/mol. The Balaban J connectivity index is 2.00. The van der Waals surface area contributed by atoms with Crippen LogP contribution in [-0.2, 0) is 4.79 Å². The summed E-state index contributed by atoms with van der Waals surface area (Å²) in [5.41, 5.74) is 6.13. The molecule has 0 atom stereocenters. The van der Waals surface area contributed by atoms with Gasteiger partial charge in [0, 0.05) is 51.2 Å². The molecule has 1 fully saturated rings. The van der Waals surface area contributed by atoms with Gasteiger partial charge in [-0.3, -0.25) is 9.69 Å². The number of benzene rings is 1. The van der Waals surface area contributed by atoms with Crippen molar-refractivity contribution in [3.63, 3.8) is 0 Å². The van der Waals surface area contributed by atoms with Crippen molar-refractivity contribution >= 4 is 17.6 Å². The summed E-state index contributed by atoms with van der Waals surface area (Å²) in [6, 6.07) is 8.05. The highest BCUT2D eigenvalue weighted by molar-refractivity contribution is 5.97. The largest absolute Gasteiger partial charge is 0.478 e. The Morgan fingerprint density at radius 2 is 2.04 bits per heavy atom. The third kappa shape index (κ3) is 5.04. The predicted octanol–water partition coefficient (Wildman–Crippen LogP) is 0.307. The standard InChI is InChI=1S/C17H21N5O3/c18-4-5-21-6-8-22(9-7-21)16(23)14(11-19)12-20-15-3-1-2-13(10-15)17(24)25/h1-3,10,12,20H,4-9,18H2,(H,24,25)/b14-12-. The van der Waals surface area contributed by atoms with Crippen molar-refractivity contribution in [2.45, 2.75) is 0 Å². The van der Waals surface area contributed by atoms with E-state index in [0.717, 1.165) is 19.6 Å². The fourth-order valence-corrected chi connectivity index (χ4v) is 2.57. The van der Waals surface area contributed by atoms with Crippen molar-refractivity contribution in [1.29, 1.82) is 5.26 Å². The van der Waals surface area contributed by atoms with E-state index in [4.69, 9.17) is 10.8 Å². The number of carbonyl (C=O) groups excluding carboxylic acids is 1. The average molecular weight is 343 g/mol. The lowest BCUT2D eigenvalue weighted by atomic mass is 10.2. The summed E-state index contributed by atoms with van der Waals surface area (Å²) in [5.74, 6) is -1.38. The van der Waals surface area contributed by atoms with Crippen LogP contribution >= 0.6 is 0 Å². The molecule has 1 amide bonds. The van der Waals surface area contributed by atoms with Crippen LogP contribution < -0.4 is 11.1 Å². The van der Waals surface area contributed by atoms with Gasteiger partial charge in [0.05, 0.1) is 5.56 Å². The molecule has 2 rings (SSSR count). The third-order valence-corrected chi connectivity index (χ3v) is 3.95. The maximum absolute atomic E-state index is 12.4. The van der Waals surface area contributed by atoms with E-state index in [1.54, 1.807) is 17.0 Å². The number of piperazine rings is 1. The topological polar surface area (TPSA) is 123 Å². The Morgan fingerprint density at radius 1 is 1.32 bits per heavy atom. The number of hydrogen-bond donors (Lipinski definition) is 3. The van der Waals surface area contributed by atoms with Crippen LogP contribution in [0.3, 0.4) is 0 Å². The van der Waals surface area contributed by atoms with Crippen LogP contribution in [0.2, 0.25) is 0 Å². The van der Waals surface area contributed by atoms with Gasteiger partial charge in [-0.2, -0.15) is 5.26 Å². The molecule has 1 aromatic rings. The van der Waals surface area contributed by atoms with E-state index in [2.05, 4.69) is 10.2 Å². The summed E-state index contributed by atoms with van der Waals surface area (Å²) in [5, 5.41) is 21.1. The maximum Gasteiger partial charge on any atom is 0.335 e. The van der Waals surface area contributed by atoms with Crippen LogP contribution in [-0.4, -0.2) is 66.1 Å².